The lowest BCUT2D eigenvalue weighted by Crippen LogP contribution is -2.00. The van der Waals surface area contributed by atoms with Gasteiger partial charge in [0.15, 0.2) is 0 Å². The summed E-state index contributed by atoms with van der Waals surface area (Å²) in [6.07, 6.45) is 20.1. The third-order valence-electron chi connectivity index (χ3n) is 4.46. The minimum absolute atomic E-state index is 1.09. The van der Waals surface area contributed by atoms with Crippen LogP contribution in [0.3, 0.4) is 0 Å². The average Bonchev–Trinajstić information content (AvgIpc) is 3.00. The second-order valence-electron chi connectivity index (χ2n) is 6.25. The first-order valence-electron chi connectivity index (χ1n) is 9.51. The highest BCUT2D eigenvalue weighted by atomic mass is 15.0. The Hall–Kier alpha value is -3.32. The van der Waals surface area contributed by atoms with E-state index in [1.807, 2.05) is 51.2 Å². The molecule has 28 heavy (non-hydrogen) atoms. The van der Waals surface area contributed by atoms with Crippen LogP contribution in [0.25, 0.3) is 35.6 Å². The van der Waals surface area contributed by atoms with Crippen molar-refractivity contribution in [1.82, 2.24) is 4.57 Å². The molecule has 1 heterocycles. The van der Waals surface area contributed by atoms with E-state index in [-0.39, 0.29) is 0 Å². The van der Waals surface area contributed by atoms with Gasteiger partial charge in [0, 0.05) is 16.8 Å². The standard InChI is InChI=1S/C27H29N/c1-7-14-21(15-8-2)22-18-13-19-23(20-22)28-26(16-9-3)24(11-5)25(12-6)27(28)17-10-4/h7-20H,1,5-6H2,2-4H3/b15-8-,16-9-,17-10-,21-14+. The van der Waals surface area contributed by atoms with E-state index < -0.39 is 0 Å². The normalized spacial score (nSPS) is 12.3. The third-order valence-corrected chi connectivity index (χ3v) is 4.46. The number of hydrogen-bond acceptors (Lipinski definition) is 0. The van der Waals surface area contributed by atoms with Gasteiger partial charge in [0.05, 0.1) is 11.4 Å². The smallest absolute Gasteiger partial charge is 0.0537 e. The molecule has 0 saturated carbocycles. The monoisotopic (exact) mass is 367 g/mol. The summed E-state index contributed by atoms with van der Waals surface area (Å²) in [6.45, 7) is 18.0. The summed E-state index contributed by atoms with van der Waals surface area (Å²) in [5.41, 5.74) is 7.72. The Bertz CT molecular complexity index is 946. The summed E-state index contributed by atoms with van der Waals surface area (Å²) >= 11 is 0. The van der Waals surface area contributed by atoms with Crippen LogP contribution in [0.4, 0.5) is 0 Å². The number of aromatic nitrogens is 1. The molecule has 1 aromatic heterocycles. The Balaban J connectivity index is 2.87. The Kier molecular flexibility index (Phi) is 7.59. The van der Waals surface area contributed by atoms with Crippen molar-refractivity contribution < 1.29 is 0 Å². The van der Waals surface area contributed by atoms with Gasteiger partial charge >= 0.3 is 0 Å². The molecule has 1 aromatic carbocycles. The van der Waals surface area contributed by atoms with E-state index in [1.54, 1.807) is 0 Å². The van der Waals surface area contributed by atoms with Crippen LogP contribution in [0.2, 0.25) is 0 Å². The van der Waals surface area contributed by atoms with E-state index >= 15 is 0 Å². The van der Waals surface area contributed by atoms with Gasteiger partial charge < -0.3 is 4.57 Å². The van der Waals surface area contributed by atoms with Gasteiger partial charge in [0.25, 0.3) is 0 Å². The summed E-state index contributed by atoms with van der Waals surface area (Å²) in [7, 11) is 0. The Morgan fingerprint density at radius 2 is 1.46 bits per heavy atom. The topological polar surface area (TPSA) is 4.93 Å². The molecule has 0 aliphatic heterocycles. The number of hydrogen-bond donors (Lipinski definition) is 0. The molecule has 0 atom stereocenters. The van der Waals surface area contributed by atoms with E-state index in [9.17, 15) is 0 Å². The second kappa shape index (κ2) is 10.1. The highest BCUT2D eigenvalue weighted by Gasteiger charge is 2.17. The number of rotatable bonds is 8. The van der Waals surface area contributed by atoms with Crippen molar-refractivity contribution in [1.29, 1.82) is 0 Å². The summed E-state index contributed by atoms with van der Waals surface area (Å²) in [4.78, 5) is 0. The molecule has 0 aliphatic rings. The molecule has 0 fully saturated rings. The van der Waals surface area contributed by atoms with Crippen molar-refractivity contribution in [2.24, 2.45) is 0 Å². The van der Waals surface area contributed by atoms with Crippen LogP contribution in [-0.4, -0.2) is 4.57 Å². The number of allylic oxidation sites excluding steroid dienone is 7. The minimum Gasteiger partial charge on any atom is -0.309 e. The molecule has 142 valence electrons. The van der Waals surface area contributed by atoms with Gasteiger partial charge in [-0.25, -0.2) is 0 Å². The summed E-state index contributed by atoms with van der Waals surface area (Å²) in [6, 6.07) is 8.54. The number of nitrogens with zero attached hydrogens (tertiary/aromatic N) is 1. The van der Waals surface area contributed by atoms with Gasteiger partial charge in [-0.15, -0.1) is 0 Å². The molecular formula is C27H29N. The molecule has 0 amide bonds. The van der Waals surface area contributed by atoms with Crippen LogP contribution in [0, 0.1) is 0 Å². The van der Waals surface area contributed by atoms with Crippen molar-refractivity contribution in [3.63, 3.8) is 0 Å². The SMILES string of the molecule is C=C/C=C(\C=C/C)c1cccc(-n2c(/C=C\C)c(C=C)c(C=C)c2/C=C\C)c1. The fourth-order valence-corrected chi connectivity index (χ4v) is 3.38. The first-order valence-corrected chi connectivity index (χ1v) is 9.51. The Morgan fingerprint density at radius 3 is 1.93 bits per heavy atom. The van der Waals surface area contributed by atoms with Crippen LogP contribution in [-0.2, 0) is 0 Å². The summed E-state index contributed by atoms with van der Waals surface area (Å²) in [5.74, 6) is 0. The molecule has 0 N–H and O–H groups in total. The van der Waals surface area contributed by atoms with Crippen LogP contribution in [0.15, 0.2) is 80.5 Å². The van der Waals surface area contributed by atoms with Crippen LogP contribution in [0.1, 0.15) is 48.8 Å². The summed E-state index contributed by atoms with van der Waals surface area (Å²) in [5, 5.41) is 0. The van der Waals surface area contributed by atoms with Crippen molar-refractivity contribution in [2.75, 3.05) is 0 Å². The highest BCUT2D eigenvalue weighted by Crippen LogP contribution is 2.32. The Morgan fingerprint density at radius 1 is 0.857 bits per heavy atom. The highest BCUT2D eigenvalue weighted by molar-refractivity contribution is 5.81. The average molecular weight is 368 g/mol. The van der Waals surface area contributed by atoms with Crippen LogP contribution < -0.4 is 0 Å². The lowest BCUT2D eigenvalue weighted by molar-refractivity contribution is 1.04. The lowest BCUT2D eigenvalue weighted by atomic mass is 10.0. The van der Waals surface area contributed by atoms with Gasteiger partial charge in [-0.05, 0) is 56.2 Å². The van der Waals surface area contributed by atoms with Gasteiger partial charge in [-0.2, -0.15) is 0 Å². The maximum atomic E-state index is 4.04. The van der Waals surface area contributed by atoms with Crippen molar-refractivity contribution >= 4 is 29.9 Å². The zero-order chi connectivity index (χ0) is 20.5. The van der Waals surface area contributed by atoms with Crippen molar-refractivity contribution in [2.45, 2.75) is 20.8 Å². The second-order valence-corrected chi connectivity index (χ2v) is 6.25. The zero-order valence-corrected chi connectivity index (χ0v) is 17.2. The van der Waals surface area contributed by atoms with Gasteiger partial charge in [0.1, 0.15) is 0 Å². The van der Waals surface area contributed by atoms with Crippen molar-refractivity contribution in [3.05, 3.63) is 109 Å². The van der Waals surface area contributed by atoms with E-state index in [1.165, 1.54) is 0 Å². The summed E-state index contributed by atoms with van der Waals surface area (Å²) < 4.78 is 2.26. The molecule has 2 aromatic rings. The molecule has 2 rings (SSSR count). The van der Waals surface area contributed by atoms with E-state index in [2.05, 4.69) is 78.9 Å². The van der Waals surface area contributed by atoms with Crippen LogP contribution in [0.5, 0.6) is 0 Å². The third kappa shape index (κ3) is 4.15. The first kappa shape index (κ1) is 21.0. The number of benzene rings is 1. The fourth-order valence-electron chi connectivity index (χ4n) is 3.38. The lowest BCUT2D eigenvalue weighted by Gasteiger charge is -2.13. The largest absolute Gasteiger partial charge is 0.309 e. The predicted molar refractivity (Wildman–Crippen MR) is 128 cm³/mol. The van der Waals surface area contributed by atoms with Crippen LogP contribution >= 0.6 is 0 Å². The molecule has 1 nitrogen and oxygen atoms in total. The van der Waals surface area contributed by atoms with E-state index in [0.717, 1.165) is 39.3 Å². The molecule has 0 spiro atoms. The predicted octanol–water partition coefficient (Wildman–Crippen LogP) is 7.98. The maximum absolute atomic E-state index is 4.04. The van der Waals surface area contributed by atoms with Gasteiger partial charge in [0.2, 0.25) is 0 Å². The fraction of sp³-hybridized carbons (Fsp3) is 0.111. The van der Waals surface area contributed by atoms with Crippen molar-refractivity contribution in [3.8, 4) is 5.69 Å². The Labute approximate surface area is 169 Å². The molecule has 0 radical (unpaired) electrons. The molecule has 0 saturated heterocycles. The first-order chi connectivity index (χ1) is 13.7. The van der Waals surface area contributed by atoms with E-state index in [0.29, 0.717) is 0 Å². The molecule has 0 bridgehead atoms. The molecule has 0 aliphatic carbocycles. The van der Waals surface area contributed by atoms with Gasteiger partial charge in [-0.1, -0.05) is 80.5 Å². The van der Waals surface area contributed by atoms with Gasteiger partial charge in [-0.3, -0.25) is 0 Å². The molecule has 1 heteroatoms. The zero-order valence-electron chi connectivity index (χ0n) is 17.2. The molecular weight excluding hydrogens is 338 g/mol. The minimum atomic E-state index is 1.09. The quantitative estimate of drug-likeness (QED) is 0.417. The molecule has 0 unspecified atom stereocenters. The maximum Gasteiger partial charge on any atom is 0.0537 e. The van der Waals surface area contributed by atoms with E-state index in [4.69, 9.17) is 0 Å².